The Balaban J connectivity index is 3.41. The predicted octanol–water partition coefficient (Wildman–Crippen LogP) is 5.58. The van der Waals surface area contributed by atoms with Crippen molar-refractivity contribution >= 4 is 8.15 Å². The molecule has 1 nitrogen and oxygen atoms in total. The maximum Gasteiger partial charge on any atom is 0.0509 e. The van der Waals surface area contributed by atoms with Crippen LogP contribution in [0.3, 0.4) is 0 Å². The largest absolute Gasteiger partial charge is 0.359 e. The van der Waals surface area contributed by atoms with E-state index < -0.39 is 0 Å². The number of hydrogen-bond donors (Lipinski definition) is 0. The van der Waals surface area contributed by atoms with Gasteiger partial charge in [-0.1, -0.05) is 66.7 Å². The Bertz CT molecular complexity index is 138. The summed E-state index contributed by atoms with van der Waals surface area (Å²) in [5, 5.41) is 0. The van der Waals surface area contributed by atoms with Crippen molar-refractivity contribution < 1.29 is 4.52 Å². The fourth-order valence-electron chi connectivity index (χ4n) is 1.95. The monoisotopic (exact) mass is 246 g/mol. The first kappa shape index (κ1) is 16.4. The highest BCUT2D eigenvalue weighted by atomic mass is 31.1. The van der Waals surface area contributed by atoms with Crippen LogP contribution in [0.1, 0.15) is 73.1 Å². The van der Waals surface area contributed by atoms with Crippen molar-refractivity contribution in [3.8, 4) is 0 Å². The lowest BCUT2D eigenvalue weighted by molar-refractivity contribution is 0.329. The molecule has 0 unspecified atom stereocenters. The third-order valence-electron chi connectivity index (χ3n) is 2.76. The van der Waals surface area contributed by atoms with Gasteiger partial charge in [-0.05, 0) is 17.7 Å². The summed E-state index contributed by atoms with van der Waals surface area (Å²) in [6, 6.07) is 0. The van der Waals surface area contributed by atoms with E-state index in [4.69, 9.17) is 4.52 Å². The topological polar surface area (TPSA) is 9.23 Å². The normalized spacial score (nSPS) is 12.0. The zero-order valence-corrected chi connectivity index (χ0v) is 12.9. The van der Waals surface area contributed by atoms with Crippen LogP contribution < -0.4 is 0 Å². The van der Waals surface area contributed by atoms with E-state index in [1.54, 1.807) is 0 Å². The fourth-order valence-corrected chi connectivity index (χ4v) is 4.08. The Morgan fingerprint density at radius 1 is 0.812 bits per heavy atom. The van der Waals surface area contributed by atoms with Gasteiger partial charge in [0.05, 0.1) is 6.61 Å². The van der Waals surface area contributed by atoms with E-state index in [0.717, 1.165) is 6.61 Å². The summed E-state index contributed by atoms with van der Waals surface area (Å²) in [4.78, 5) is 0. The molecule has 0 bridgehead atoms. The maximum absolute atomic E-state index is 6.04. The smallest absolute Gasteiger partial charge is 0.0509 e. The Kier molecular flexibility index (Phi) is 10.8. The first-order valence-corrected chi connectivity index (χ1v) is 8.40. The van der Waals surface area contributed by atoms with Crippen LogP contribution >= 0.6 is 8.15 Å². The summed E-state index contributed by atoms with van der Waals surface area (Å²) in [5.74, 6) is 0. The summed E-state index contributed by atoms with van der Waals surface area (Å²) in [6.07, 6.45) is 8.12. The van der Waals surface area contributed by atoms with Crippen molar-refractivity contribution in [2.24, 2.45) is 0 Å². The van der Waals surface area contributed by atoms with Crippen LogP contribution in [0.15, 0.2) is 0 Å². The van der Waals surface area contributed by atoms with Crippen LogP contribution in [0.2, 0.25) is 0 Å². The molecule has 98 valence electrons. The van der Waals surface area contributed by atoms with Gasteiger partial charge in [-0.15, -0.1) is 0 Å². The molecule has 0 aromatic carbocycles. The molecule has 2 heteroatoms. The summed E-state index contributed by atoms with van der Waals surface area (Å²) in [5.41, 5.74) is 1.41. The third-order valence-corrected chi connectivity index (χ3v) is 5.27. The van der Waals surface area contributed by atoms with Gasteiger partial charge in [-0.25, -0.2) is 0 Å². The molecule has 0 aliphatic rings. The molecule has 0 spiro atoms. The van der Waals surface area contributed by atoms with Gasteiger partial charge in [0.15, 0.2) is 0 Å². The van der Waals surface area contributed by atoms with Crippen LogP contribution in [-0.4, -0.2) is 17.9 Å². The molecular formula is C14H31OP. The first-order valence-electron chi connectivity index (χ1n) is 7.00. The van der Waals surface area contributed by atoms with Crippen molar-refractivity contribution in [2.45, 2.75) is 84.5 Å². The van der Waals surface area contributed by atoms with Gasteiger partial charge >= 0.3 is 0 Å². The van der Waals surface area contributed by atoms with Crippen LogP contribution in [0.4, 0.5) is 0 Å². The lowest BCUT2D eigenvalue weighted by atomic mass is 10.1. The minimum absolute atomic E-state index is 0.206. The van der Waals surface area contributed by atoms with Crippen molar-refractivity contribution in [1.82, 2.24) is 0 Å². The molecule has 0 N–H and O–H groups in total. The highest BCUT2D eigenvalue weighted by Gasteiger charge is 2.17. The van der Waals surface area contributed by atoms with Crippen LogP contribution in [0.5, 0.6) is 0 Å². The van der Waals surface area contributed by atoms with Gasteiger partial charge in [0, 0.05) is 8.15 Å². The number of rotatable bonds is 10. The van der Waals surface area contributed by atoms with Gasteiger partial charge in [0.1, 0.15) is 0 Å². The molecule has 0 aromatic heterocycles. The summed E-state index contributed by atoms with van der Waals surface area (Å²) in [7, 11) is -0.206. The van der Waals surface area contributed by atoms with Crippen LogP contribution in [-0.2, 0) is 4.52 Å². The third kappa shape index (κ3) is 8.53. The van der Waals surface area contributed by atoms with E-state index in [2.05, 4.69) is 34.6 Å². The Hall–Kier alpha value is 0.390. The van der Waals surface area contributed by atoms with Gasteiger partial charge in [-0.3, -0.25) is 0 Å². The molecular weight excluding hydrogens is 215 g/mol. The number of unbranched alkanes of at least 4 members (excludes halogenated alkanes) is 5. The van der Waals surface area contributed by atoms with E-state index in [0.29, 0.717) is 11.3 Å². The van der Waals surface area contributed by atoms with Crippen molar-refractivity contribution in [2.75, 3.05) is 6.61 Å². The van der Waals surface area contributed by atoms with Crippen LogP contribution in [0, 0.1) is 0 Å². The molecule has 0 saturated carbocycles. The molecule has 0 rings (SSSR count). The minimum atomic E-state index is -0.206. The van der Waals surface area contributed by atoms with Gasteiger partial charge in [0.2, 0.25) is 0 Å². The Morgan fingerprint density at radius 2 is 1.31 bits per heavy atom. The summed E-state index contributed by atoms with van der Waals surface area (Å²) in [6.45, 7) is 12.4. The second kappa shape index (κ2) is 10.5. The average Bonchev–Trinajstić information content (AvgIpc) is 2.21. The molecule has 0 aliphatic carbocycles. The van der Waals surface area contributed by atoms with E-state index in [9.17, 15) is 0 Å². The lowest BCUT2D eigenvalue weighted by Crippen LogP contribution is -2.07. The molecule has 0 fully saturated rings. The molecule has 0 heterocycles. The molecule has 0 amide bonds. The second-order valence-electron chi connectivity index (χ2n) is 5.15. The molecule has 0 radical (unpaired) electrons. The van der Waals surface area contributed by atoms with E-state index >= 15 is 0 Å². The summed E-state index contributed by atoms with van der Waals surface area (Å²) < 4.78 is 6.04. The van der Waals surface area contributed by atoms with E-state index in [-0.39, 0.29) is 8.15 Å². The number of hydrogen-bond acceptors (Lipinski definition) is 1. The van der Waals surface area contributed by atoms with Gasteiger partial charge < -0.3 is 4.52 Å². The van der Waals surface area contributed by atoms with Crippen LogP contribution in [0.25, 0.3) is 0 Å². The van der Waals surface area contributed by atoms with Crippen molar-refractivity contribution in [1.29, 1.82) is 0 Å². The quantitative estimate of drug-likeness (QED) is 0.361. The Morgan fingerprint density at radius 3 is 1.81 bits per heavy atom. The minimum Gasteiger partial charge on any atom is -0.359 e. The SMILES string of the molecule is CCCCCCCCOP(C(C)C)C(C)C. The predicted molar refractivity (Wildman–Crippen MR) is 76.5 cm³/mol. The summed E-state index contributed by atoms with van der Waals surface area (Å²) >= 11 is 0. The average molecular weight is 246 g/mol. The lowest BCUT2D eigenvalue weighted by Gasteiger charge is -2.25. The zero-order valence-electron chi connectivity index (χ0n) is 12.0. The van der Waals surface area contributed by atoms with Crippen molar-refractivity contribution in [3.63, 3.8) is 0 Å². The highest BCUT2D eigenvalue weighted by molar-refractivity contribution is 7.54. The molecule has 0 aliphatic heterocycles. The van der Waals surface area contributed by atoms with Gasteiger partial charge in [-0.2, -0.15) is 0 Å². The Labute approximate surface area is 104 Å². The molecule has 0 atom stereocenters. The first-order chi connectivity index (χ1) is 7.59. The zero-order chi connectivity index (χ0) is 12.4. The second-order valence-corrected chi connectivity index (χ2v) is 8.19. The molecule has 0 aromatic rings. The van der Waals surface area contributed by atoms with Gasteiger partial charge in [0.25, 0.3) is 0 Å². The maximum atomic E-state index is 6.04. The van der Waals surface area contributed by atoms with Crippen molar-refractivity contribution in [3.05, 3.63) is 0 Å². The van der Waals surface area contributed by atoms with E-state index in [1.165, 1.54) is 38.5 Å². The molecule has 0 saturated heterocycles. The molecule has 16 heavy (non-hydrogen) atoms. The highest BCUT2D eigenvalue weighted by Crippen LogP contribution is 2.46. The fraction of sp³-hybridized carbons (Fsp3) is 1.00. The van der Waals surface area contributed by atoms with E-state index in [1.807, 2.05) is 0 Å². The standard InChI is InChI=1S/C14H31OP/c1-6-7-8-9-10-11-12-15-16(13(2)3)14(4)5/h13-14H,6-12H2,1-5H3.